The van der Waals surface area contributed by atoms with Gasteiger partial charge >= 0.3 is 5.97 Å². The quantitative estimate of drug-likeness (QED) is 0.405. The summed E-state index contributed by atoms with van der Waals surface area (Å²) in [6, 6.07) is 11.3. The molecule has 0 unspecified atom stereocenters. The number of Topliss-reactive ketones (excluding diaryl/α,β-unsaturated/α-hetero) is 1. The fourth-order valence-corrected chi connectivity index (χ4v) is 4.55. The molecule has 2 aromatic carbocycles. The van der Waals surface area contributed by atoms with Gasteiger partial charge in [-0.2, -0.15) is 0 Å². The van der Waals surface area contributed by atoms with Crippen molar-refractivity contribution in [1.29, 1.82) is 0 Å². The fraction of sp³-hybridized carbons (Fsp3) is 0.345. The highest BCUT2D eigenvalue weighted by molar-refractivity contribution is 6.35. The van der Waals surface area contributed by atoms with E-state index in [4.69, 9.17) is 9.47 Å². The van der Waals surface area contributed by atoms with Gasteiger partial charge in [0.1, 0.15) is 18.6 Å². The van der Waals surface area contributed by atoms with Gasteiger partial charge in [-0.05, 0) is 29.7 Å². The van der Waals surface area contributed by atoms with Crippen molar-refractivity contribution in [2.45, 2.75) is 39.3 Å². The predicted octanol–water partition coefficient (Wildman–Crippen LogP) is 2.10. The van der Waals surface area contributed by atoms with Gasteiger partial charge < -0.3 is 24.8 Å². The highest BCUT2D eigenvalue weighted by Crippen LogP contribution is 2.35. The van der Waals surface area contributed by atoms with Crippen LogP contribution >= 0.6 is 0 Å². The van der Waals surface area contributed by atoms with Crippen molar-refractivity contribution in [2.75, 3.05) is 20.8 Å². The molecule has 1 aliphatic heterocycles. The molecule has 3 amide bonds. The average Bonchev–Trinajstić information content (AvgIpc) is 2.92. The lowest BCUT2D eigenvalue weighted by Crippen LogP contribution is -2.56. The van der Waals surface area contributed by atoms with Crippen LogP contribution in [0.15, 0.2) is 54.7 Å². The largest absolute Gasteiger partial charge is 0.493 e. The lowest BCUT2D eigenvalue weighted by molar-refractivity contribution is -0.150. The number of ketones is 1. The normalized spacial score (nSPS) is 15.8. The first-order valence-corrected chi connectivity index (χ1v) is 12.6. The number of carboxylic acid groups (broad SMARTS) is 1. The summed E-state index contributed by atoms with van der Waals surface area (Å²) in [6.07, 6.45) is 1.46. The molecule has 0 aromatic heterocycles. The molecule has 0 bridgehead atoms. The highest BCUT2D eigenvalue weighted by atomic mass is 16.5. The first-order valence-electron chi connectivity index (χ1n) is 12.6. The molecule has 2 atom stereocenters. The van der Waals surface area contributed by atoms with Crippen LogP contribution in [0.5, 0.6) is 11.5 Å². The zero-order chi connectivity index (χ0) is 29.6. The molecule has 0 spiro atoms. The van der Waals surface area contributed by atoms with E-state index in [1.807, 2.05) is 0 Å². The van der Waals surface area contributed by atoms with Gasteiger partial charge in [0.25, 0.3) is 11.7 Å². The lowest BCUT2D eigenvalue weighted by Gasteiger charge is -2.40. The molecule has 3 rings (SSSR count). The van der Waals surface area contributed by atoms with Crippen LogP contribution in [0.4, 0.5) is 0 Å². The van der Waals surface area contributed by atoms with E-state index in [1.165, 1.54) is 37.1 Å². The molecule has 212 valence electrons. The van der Waals surface area contributed by atoms with Crippen LogP contribution < -0.4 is 14.8 Å². The van der Waals surface area contributed by atoms with Crippen molar-refractivity contribution < 1.29 is 38.6 Å². The van der Waals surface area contributed by atoms with Gasteiger partial charge in [0.15, 0.2) is 11.5 Å². The monoisotopic (exact) mass is 551 g/mol. The summed E-state index contributed by atoms with van der Waals surface area (Å²) in [5.74, 6) is -3.94. The van der Waals surface area contributed by atoms with Gasteiger partial charge in [-0.1, -0.05) is 44.2 Å². The maximum Gasteiger partial charge on any atom is 0.374 e. The van der Waals surface area contributed by atoms with Crippen molar-refractivity contribution in [2.24, 2.45) is 5.92 Å². The van der Waals surface area contributed by atoms with Crippen molar-refractivity contribution >= 4 is 35.2 Å². The van der Waals surface area contributed by atoms with Gasteiger partial charge in [-0.3, -0.25) is 24.1 Å². The number of ether oxygens (including phenoxy) is 2. The number of rotatable bonds is 11. The predicted molar refractivity (Wildman–Crippen MR) is 145 cm³/mol. The molecule has 0 saturated heterocycles. The molecule has 1 aliphatic rings. The topological polar surface area (TPSA) is 143 Å². The third-order valence-electron chi connectivity index (χ3n) is 6.49. The Morgan fingerprint density at radius 1 is 1.00 bits per heavy atom. The Hall–Kier alpha value is -4.67. The summed E-state index contributed by atoms with van der Waals surface area (Å²) in [5.41, 5.74) is 1.37. The molecule has 1 heterocycles. The van der Waals surface area contributed by atoms with E-state index < -0.39 is 42.2 Å². The van der Waals surface area contributed by atoms with E-state index in [0.29, 0.717) is 22.6 Å². The molecule has 11 heteroatoms. The van der Waals surface area contributed by atoms with E-state index in [0.717, 1.165) is 0 Å². The number of nitrogens with zero attached hydrogens (tertiary/aromatic N) is 2. The van der Waals surface area contributed by atoms with Crippen molar-refractivity contribution in [3.05, 3.63) is 65.9 Å². The Balaban J connectivity index is 2.00. The molecule has 2 N–H and O–H groups in total. The zero-order valence-corrected chi connectivity index (χ0v) is 23.0. The van der Waals surface area contributed by atoms with Crippen LogP contribution in [0, 0.1) is 5.92 Å². The maximum atomic E-state index is 13.8. The standard InChI is InChI=1S/C29H33N3O8/c1-17(2)26-28(36)32(16-25(34)30-21(27(35)29(37)38)13-19-9-7-6-8-10-19)22(15-31(26)18(3)33)20-11-12-23(39-4)24(14-20)40-5/h6-12,14-15,17,21,26H,13,16H2,1-5H3,(H,30,34)(H,37,38)/t21-,26-/m0/s1. The molecule has 0 radical (unpaired) electrons. The van der Waals surface area contributed by atoms with Crippen LogP contribution in [0.1, 0.15) is 31.9 Å². The number of methoxy groups -OCH3 is 2. The van der Waals surface area contributed by atoms with Gasteiger partial charge in [0.05, 0.1) is 19.9 Å². The molecular weight excluding hydrogens is 518 g/mol. The minimum absolute atomic E-state index is 0.0449. The minimum atomic E-state index is -1.68. The van der Waals surface area contributed by atoms with E-state index in [2.05, 4.69) is 5.32 Å². The van der Waals surface area contributed by atoms with E-state index in [-0.39, 0.29) is 23.9 Å². The number of amides is 3. The number of carboxylic acids is 1. The maximum absolute atomic E-state index is 13.8. The second kappa shape index (κ2) is 12.9. The van der Waals surface area contributed by atoms with Crippen molar-refractivity contribution in [1.82, 2.24) is 15.1 Å². The molecule has 0 fully saturated rings. The summed E-state index contributed by atoms with van der Waals surface area (Å²) >= 11 is 0. The third kappa shape index (κ3) is 6.66. The average molecular weight is 552 g/mol. The summed E-state index contributed by atoms with van der Waals surface area (Å²) < 4.78 is 10.7. The van der Waals surface area contributed by atoms with Gasteiger partial charge in [-0.25, -0.2) is 4.79 Å². The number of carbonyl (C=O) groups is 5. The van der Waals surface area contributed by atoms with Crippen molar-refractivity contribution in [3.63, 3.8) is 0 Å². The first kappa shape index (κ1) is 29.9. The molecule has 0 aliphatic carbocycles. The summed E-state index contributed by atoms with van der Waals surface area (Å²) in [5, 5.41) is 11.8. The molecule has 0 saturated carbocycles. The van der Waals surface area contributed by atoms with Crippen LogP contribution in [0.3, 0.4) is 0 Å². The Labute approximate surface area is 232 Å². The second-order valence-electron chi connectivity index (χ2n) is 9.60. The second-order valence-corrected chi connectivity index (χ2v) is 9.60. The third-order valence-corrected chi connectivity index (χ3v) is 6.49. The number of hydrogen-bond donors (Lipinski definition) is 2. The smallest absolute Gasteiger partial charge is 0.374 e. The SMILES string of the molecule is COc1ccc(C2=CN(C(C)=O)[C@@H](C(C)C)C(=O)N2CC(=O)N[C@@H](Cc2ccccc2)C(=O)C(=O)O)cc1OC. The van der Waals surface area contributed by atoms with Crippen LogP contribution in [-0.2, 0) is 30.4 Å². The van der Waals surface area contributed by atoms with E-state index >= 15 is 0 Å². The lowest BCUT2D eigenvalue weighted by atomic mass is 9.96. The fourth-order valence-electron chi connectivity index (χ4n) is 4.55. The van der Waals surface area contributed by atoms with Crippen molar-refractivity contribution in [3.8, 4) is 11.5 Å². The minimum Gasteiger partial charge on any atom is -0.493 e. The number of benzene rings is 2. The molecule has 40 heavy (non-hydrogen) atoms. The molecular formula is C29H33N3O8. The highest BCUT2D eigenvalue weighted by Gasteiger charge is 2.40. The Morgan fingerprint density at radius 2 is 1.65 bits per heavy atom. The first-order chi connectivity index (χ1) is 19.0. The molecule has 11 nitrogen and oxygen atoms in total. The van der Waals surface area contributed by atoms with Crippen LogP contribution in [0.25, 0.3) is 5.70 Å². The Kier molecular flexibility index (Phi) is 9.65. The summed E-state index contributed by atoms with van der Waals surface area (Å²) in [7, 11) is 2.93. The Bertz CT molecular complexity index is 1320. The molecule has 2 aromatic rings. The zero-order valence-electron chi connectivity index (χ0n) is 23.0. The van der Waals surface area contributed by atoms with Gasteiger partial charge in [-0.15, -0.1) is 0 Å². The summed E-state index contributed by atoms with van der Waals surface area (Å²) in [6.45, 7) is 4.40. The van der Waals surface area contributed by atoms with Crippen LogP contribution in [0.2, 0.25) is 0 Å². The number of carbonyl (C=O) groups excluding carboxylic acids is 4. The Morgan fingerprint density at radius 3 is 2.20 bits per heavy atom. The summed E-state index contributed by atoms with van der Waals surface area (Å²) in [4.78, 5) is 66.1. The van der Waals surface area contributed by atoms with E-state index in [9.17, 15) is 29.1 Å². The van der Waals surface area contributed by atoms with Gasteiger partial charge in [0.2, 0.25) is 11.8 Å². The van der Waals surface area contributed by atoms with E-state index in [1.54, 1.807) is 62.4 Å². The van der Waals surface area contributed by atoms with Crippen LogP contribution in [-0.4, -0.2) is 77.2 Å². The number of hydrogen-bond acceptors (Lipinski definition) is 7. The van der Waals surface area contributed by atoms with Gasteiger partial charge in [0, 0.05) is 25.1 Å². The number of aliphatic carboxylic acids is 1. The number of nitrogens with one attached hydrogen (secondary N) is 1.